The molecule has 1 rings (SSSR count). The van der Waals surface area contributed by atoms with Gasteiger partial charge in [0.2, 0.25) is 0 Å². The van der Waals surface area contributed by atoms with Crippen molar-refractivity contribution in [3.8, 4) is 0 Å². The molecule has 0 spiro atoms. The number of rotatable bonds is 2. The van der Waals surface area contributed by atoms with E-state index in [1.165, 1.54) is 0 Å². The normalized spacial score (nSPS) is 43.0. The number of aliphatic hydroxyl groups excluding tert-OH is 4. The van der Waals surface area contributed by atoms with Crippen molar-refractivity contribution in [1.29, 1.82) is 0 Å². The molecule has 0 aliphatic carbocycles. The van der Waals surface area contributed by atoms with Gasteiger partial charge in [-0.25, -0.2) is 0 Å². The Morgan fingerprint density at radius 1 is 1.29 bits per heavy atom. The molecule has 1 aliphatic heterocycles. The van der Waals surface area contributed by atoms with Crippen LogP contribution in [0.2, 0.25) is 0 Å². The highest BCUT2D eigenvalue weighted by Crippen LogP contribution is 2.22. The second-order valence-electron chi connectivity index (χ2n) is 2.92. The average molecular weight is 205 g/mol. The van der Waals surface area contributed by atoms with Crippen LogP contribution < -0.4 is 0 Å². The van der Waals surface area contributed by atoms with Crippen molar-refractivity contribution < 1.29 is 25.2 Å². The fourth-order valence-electron chi connectivity index (χ4n) is 1.28. The predicted molar refractivity (Wildman–Crippen MR) is 42.9 cm³/mol. The van der Waals surface area contributed by atoms with Crippen LogP contribution in [0, 0.1) is 0 Å². The molecule has 1 aliphatic rings. The molecular weight excluding hydrogens is 194 g/mol. The molecule has 14 heavy (non-hydrogen) atoms. The average Bonchev–Trinajstić information content (AvgIpc) is 2.19. The van der Waals surface area contributed by atoms with Crippen molar-refractivity contribution in [2.75, 3.05) is 6.61 Å². The van der Waals surface area contributed by atoms with Crippen molar-refractivity contribution in [3.63, 3.8) is 0 Å². The molecule has 0 saturated carbocycles. The molecule has 8 nitrogen and oxygen atoms in total. The number of azide groups is 1. The first-order chi connectivity index (χ1) is 6.61. The summed E-state index contributed by atoms with van der Waals surface area (Å²) in [5.74, 6) is 0. The molecule has 80 valence electrons. The van der Waals surface area contributed by atoms with Gasteiger partial charge in [-0.05, 0) is 5.53 Å². The van der Waals surface area contributed by atoms with Gasteiger partial charge in [0.05, 0.1) is 24.9 Å². The van der Waals surface area contributed by atoms with Gasteiger partial charge in [-0.2, -0.15) is 0 Å². The first-order valence-corrected chi connectivity index (χ1v) is 3.96. The van der Waals surface area contributed by atoms with Gasteiger partial charge in [-0.1, -0.05) is 5.11 Å². The van der Waals surface area contributed by atoms with Crippen LogP contribution in [0.5, 0.6) is 0 Å². The molecule has 1 saturated heterocycles. The highest BCUT2D eigenvalue weighted by atomic mass is 16.6. The Morgan fingerprint density at radius 2 is 1.93 bits per heavy atom. The zero-order chi connectivity index (χ0) is 10.7. The van der Waals surface area contributed by atoms with Crippen molar-refractivity contribution in [3.05, 3.63) is 10.4 Å². The maximum atomic E-state index is 9.37. The number of hydrogen-bond acceptors (Lipinski definition) is 6. The van der Waals surface area contributed by atoms with Crippen LogP contribution in [0.4, 0.5) is 0 Å². The third-order valence-electron chi connectivity index (χ3n) is 2.05. The van der Waals surface area contributed by atoms with E-state index >= 15 is 0 Å². The molecule has 3 unspecified atom stereocenters. The SMILES string of the molecule is [N-]=[N+]=N[C@H]1C(CO)OC(O)C(O)[C@H]1O. The van der Waals surface area contributed by atoms with Gasteiger partial charge in [0.25, 0.3) is 0 Å². The smallest absolute Gasteiger partial charge is 0.183 e. The fourth-order valence-corrected chi connectivity index (χ4v) is 1.28. The summed E-state index contributed by atoms with van der Waals surface area (Å²) in [6.07, 6.45) is -5.60. The van der Waals surface area contributed by atoms with Gasteiger partial charge in [0.15, 0.2) is 6.29 Å². The van der Waals surface area contributed by atoms with Gasteiger partial charge in [-0.3, -0.25) is 0 Å². The van der Waals surface area contributed by atoms with Crippen molar-refractivity contribution in [1.82, 2.24) is 0 Å². The first kappa shape index (κ1) is 11.2. The van der Waals surface area contributed by atoms with E-state index in [0.717, 1.165) is 0 Å². The quantitative estimate of drug-likeness (QED) is 0.237. The Balaban J connectivity index is 2.82. The molecular formula is C6H11N3O5. The Morgan fingerprint density at radius 3 is 2.43 bits per heavy atom. The van der Waals surface area contributed by atoms with Gasteiger partial charge in [-0.15, -0.1) is 0 Å². The van der Waals surface area contributed by atoms with Crippen LogP contribution >= 0.6 is 0 Å². The lowest BCUT2D eigenvalue weighted by atomic mass is 9.97. The molecule has 8 heteroatoms. The molecule has 0 aromatic carbocycles. The first-order valence-electron chi connectivity index (χ1n) is 3.96. The number of hydrogen-bond donors (Lipinski definition) is 4. The van der Waals surface area contributed by atoms with E-state index in [2.05, 4.69) is 10.0 Å². The van der Waals surface area contributed by atoms with Crippen LogP contribution in [-0.4, -0.2) is 57.7 Å². The molecule has 0 amide bonds. The van der Waals surface area contributed by atoms with Crippen LogP contribution in [0.1, 0.15) is 0 Å². The maximum absolute atomic E-state index is 9.37. The fraction of sp³-hybridized carbons (Fsp3) is 1.00. The number of nitrogens with zero attached hydrogens (tertiary/aromatic N) is 3. The molecule has 0 radical (unpaired) electrons. The summed E-state index contributed by atoms with van der Waals surface area (Å²) in [6, 6.07) is -1.11. The van der Waals surface area contributed by atoms with E-state index in [-0.39, 0.29) is 0 Å². The lowest BCUT2D eigenvalue weighted by Crippen LogP contribution is -2.57. The third kappa shape index (κ3) is 1.95. The topological polar surface area (TPSA) is 139 Å². The summed E-state index contributed by atoms with van der Waals surface area (Å²) in [4.78, 5) is 2.45. The lowest BCUT2D eigenvalue weighted by Gasteiger charge is -2.37. The molecule has 5 atom stereocenters. The largest absolute Gasteiger partial charge is 0.394 e. The summed E-state index contributed by atoms with van der Waals surface area (Å²) >= 11 is 0. The van der Waals surface area contributed by atoms with E-state index in [1.54, 1.807) is 0 Å². The van der Waals surface area contributed by atoms with Gasteiger partial charge in [0, 0.05) is 4.91 Å². The Kier molecular flexibility index (Phi) is 3.64. The molecule has 4 N–H and O–H groups in total. The van der Waals surface area contributed by atoms with Gasteiger partial charge < -0.3 is 25.2 Å². The zero-order valence-electron chi connectivity index (χ0n) is 7.13. The summed E-state index contributed by atoms with van der Waals surface area (Å²) in [6.45, 7) is -0.523. The van der Waals surface area contributed by atoms with Crippen molar-refractivity contribution in [2.24, 2.45) is 5.11 Å². The molecule has 1 heterocycles. The van der Waals surface area contributed by atoms with Crippen LogP contribution in [0.3, 0.4) is 0 Å². The zero-order valence-corrected chi connectivity index (χ0v) is 7.13. The minimum absolute atomic E-state index is 0.523. The molecule has 0 aromatic heterocycles. The van der Waals surface area contributed by atoms with E-state index in [9.17, 15) is 5.11 Å². The van der Waals surface area contributed by atoms with E-state index < -0.39 is 37.3 Å². The number of aliphatic hydroxyl groups is 4. The third-order valence-corrected chi connectivity index (χ3v) is 2.05. The van der Waals surface area contributed by atoms with E-state index in [4.69, 9.17) is 25.6 Å². The lowest BCUT2D eigenvalue weighted by molar-refractivity contribution is -0.258. The maximum Gasteiger partial charge on any atom is 0.183 e. The highest BCUT2D eigenvalue weighted by Gasteiger charge is 2.43. The predicted octanol–water partition coefficient (Wildman–Crippen LogP) is -1.90. The highest BCUT2D eigenvalue weighted by molar-refractivity contribution is 4.93. The Bertz CT molecular complexity index is 242. The van der Waals surface area contributed by atoms with Crippen LogP contribution in [0.15, 0.2) is 5.11 Å². The summed E-state index contributed by atoms with van der Waals surface area (Å²) in [5.41, 5.74) is 8.17. The van der Waals surface area contributed by atoms with Crippen molar-refractivity contribution in [2.45, 2.75) is 30.6 Å². The van der Waals surface area contributed by atoms with Gasteiger partial charge in [0.1, 0.15) is 6.10 Å². The second-order valence-corrected chi connectivity index (χ2v) is 2.92. The van der Waals surface area contributed by atoms with Crippen LogP contribution in [0.25, 0.3) is 10.4 Å². The van der Waals surface area contributed by atoms with E-state index in [0.29, 0.717) is 0 Å². The Hall–Kier alpha value is -0.890. The summed E-state index contributed by atoms with van der Waals surface area (Å²) < 4.78 is 4.71. The molecule has 1 fully saturated rings. The monoisotopic (exact) mass is 205 g/mol. The molecule has 0 bridgehead atoms. The molecule has 0 aromatic rings. The van der Waals surface area contributed by atoms with E-state index in [1.807, 2.05) is 0 Å². The summed E-state index contributed by atoms with van der Waals surface area (Å²) in [5, 5.41) is 39.6. The summed E-state index contributed by atoms with van der Waals surface area (Å²) in [7, 11) is 0. The number of ether oxygens (including phenoxy) is 1. The second kappa shape index (κ2) is 4.56. The standard InChI is InChI=1S/C6H11N3O5/c7-9-8-3-2(1-10)14-6(13)5(12)4(3)11/h2-6,10-13H,1H2/t2?,3-,4-,5?,6?/m0/s1. The Labute approximate surface area is 79.0 Å². The van der Waals surface area contributed by atoms with Crippen LogP contribution in [-0.2, 0) is 4.74 Å². The minimum Gasteiger partial charge on any atom is -0.394 e. The van der Waals surface area contributed by atoms with Crippen molar-refractivity contribution >= 4 is 0 Å². The van der Waals surface area contributed by atoms with Gasteiger partial charge >= 0.3 is 0 Å². The minimum atomic E-state index is -1.59.